The summed E-state index contributed by atoms with van der Waals surface area (Å²) in [5.41, 5.74) is 4.91. The number of anilines is 2. The highest BCUT2D eigenvalue weighted by Gasteiger charge is 2.54. The number of amides is 1. The largest absolute Gasteiger partial charge is 0.364 e. The van der Waals surface area contributed by atoms with Crippen LogP contribution in [0.25, 0.3) is 0 Å². The van der Waals surface area contributed by atoms with Crippen molar-refractivity contribution in [3.05, 3.63) is 53.3 Å². The van der Waals surface area contributed by atoms with Crippen LogP contribution < -0.4 is 9.80 Å². The number of nitrogens with zero attached hydrogens (tertiary/aromatic N) is 7. The van der Waals surface area contributed by atoms with Crippen molar-refractivity contribution in [3.8, 4) is 6.07 Å². The zero-order valence-corrected chi connectivity index (χ0v) is 27.8. The molecule has 3 saturated heterocycles. The number of alkyl halides is 1. The summed E-state index contributed by atoms with van der Waals surface area (Å²) in [6, 6.07) is 8.43. The minimum absolute atomic E-state index is 0.00938. The van der Waals surface area contributed by atoms with Crippen LogP contribution >= 0.6 is 11.8 Å². The Balaban J connectivity index is 1.11. The van der Waals surface area contributed by atoms with Crippen LogP contribution in [0.1, 0.15) is 73.5 Å². The maximum absolute atomic E-state index is 14.6. The molecule has 2 aromatic rings. The number of fused-ring (bicyclic) bond motifs is 3. The third-order valence-corrected chi connectivity index (χ3v) is 12.8. The van der Waals surface area contributed by atoms with Crippen LogP contribution in [0.5, 0.6) is 0 Å². The Morgan fingerprint density at radius 1 is 1.13 bits per heavy atom. The van der Waals surface area contributed by atoms with E-state index in [0.29, 0.717) is 45.1 Å². The van der Waals surface area contributed by atoms with Crippen LogP contribution in [0.2, 0.25) is 0 Å². The van der Waals surface area contributed by atoms with E-state index in [0.717, 1.165) is 80.3 Å². The average Bonchev–Trinajstić information content (AvgIpc) is 3.63. The van der Waals surface area contributed by atoms with Gasteiger partial charge in [-0.2, -0.15) is 5.26 Å². The molecule has 6 heterocycles. The lowest BCUT2D eigenvalue weighted by atomic mass is 9.87. The Morgan fingerprint density at radius 3 is 2.87 bits per heavy atom. The molecule has 0 bridgehead atoms. The van der Waals surface area contributed by atoms with E-state index in [9.17, 15) is 18.8 Å². The van der Waals surface area contributed by atoms with Crippen LogP contribution in [-0.4, -0.2) is 88.4 Å². The minimum atomic E-state index is -0.995. The Labute approximate surface area is 280 Å². The molecule has 0 N–H and O–H groups in total. The number of hydrogen-bond acceptors (Lipinski definition) is 8. The molecule has 1 aliphatic carbocycles. The second-order valence-corrected chi connectivity index (χ2v) is 15.6. The highest BCUT2D eigenvalue weighted by molar-refractivity contribution is 7.99. The molecule has 6 aliphatic rings. The Kier molecular flexibility index (Phi) is 8.15. The zero-order valence-electron chi connectivity index (χ0n) is 27.0. The third-order valence-electron chi connectivity index (χ3n) is 11.6. The molecular weight excluding hydrogens is 617 g/mol. The first-order valence-electron chi connectivity index (χ1n) is 17.4. The summed E-state index contributed by atoms with van der Waals surface area (Å²) in [7, 11) is 0. The van der Waals surface area contributed by atoms with Crippen molar-refractivity contribution in [2.75, 3.05) is 54.8 Å². The lowest BCUT2D eigenvalue weighted by molar-refractivity contribution is -0.131. The number of benzene rings is 1. The van der Waals surface area contributed by atoms with Gasteiger partial charge in [-0.3, -0.25) is 9.69 Å². The number of thioether (sulfide) groups is 1. The molecule has 248 valence electrons. The second-order valence-electron chi connectivity index (χ2n) is 14.5. The number of halogens is 2. The summed E-state index contributed by atoms with van der Waals surface area (Å²) in [4.78, 5) is 33.2. The first-order valence-corrected chi connectivity index (χ1v) is 18.4. The lowest BCUT2D eigenvalue weighted by Crippen LogP contribution is -2.56. The van der Waals surface area contributed by atoms with Crippen molar-refractivity contribution in [3.63, 3.8) is 0 Å². The Bertz CT molecular complexity index is 1630. The summed E-state index contributed by atoms with van der Waals surface area (Å²) in [5, 5.41) is 9.60. The van der Waals surface area contributed by atoms with Crippen molar-refractivity contribution in [2.24, 2.45) is 5.92 Å². The average molecular weight is 660 g/mol. The van der Waals surface area contributed by atoms with Gasteiger partial charge >= 0.3 is 0 Å². The molecule has 47 heavy (non-hydrogen) atoms. The van der Waals surface area contributed by atoms with Gasteiger partial charge < -0.3 is 14.7 Å². The predicted molar refractivity (Wildman–Crippen MR) is 179 cm³/mol. The van der Waals surface area contributed by atoms with Gasteiger partial charge in [0.2, 0.25) is 0 Å². The lowest BCUT2D eigenvalue weighted by Gasteiger charge is -2.42. The molecular formula is C36H43F2N7OS. The quantitative estimate of drug-likeness (QED) is 0.358. The molecule has 1 aromatic heterocycles. The number of piperazine rings is 1. The standard InChI is InChI=1S/C36H43F2N7OS/c1-23(37)35(46)45-15-14-43(21-27(45)8-11-39)34-28-9-13-42(31-7-2-5-24-6-3-16-47-32(24)31)22-30(28)40-33(41-34)29-17-25(29)18-36-10-4-12-44(36)20-26(38)19-36/h2,5,7,25-27,29H,1,3-4,6,8-10,12-22H2/t25?,26-,27+,29?,36?/m1/s1. The third kappa shape index (κ3) is 5.69. The van der Waals surface area contributed by atoms with Crippen LogP contribution in [0.15, 0.2) is 35.5 Å². The zero-order chi connectivity index (χ0) is 32.3. The molecule has 1 amide bonds. The normalized spacial score (nSPS) is 30.0. The second kappa shape index (κ2) is 12.3. The highest BCUT2D eigenvalue weighted by atomic mass is 32.2. The van der Waals surface area contributed by atoms with Crippen molar-refractivity contribution in [1.82, 2.24) is 19.8 Å². The maximum atomic E-state index is 14.6. The summed E-state index contributed by atoms with van der Waals surface area (Å²) in [6.45, 7) is 7.57. The van der Waals surface area contributed by atoms with E-state index >= 15 is 0 Å². The van der Waals surface area contributed by atoms with Gasteiger partial charge in [0.25, 0.3) is 5.91 Å². The van der Waals surface area contributed by atoms with E-state index < -0.39 is 23.9 Å². The monoisotopic (exact) mass is 659 g/mol. The minimum Gasteiger partial charge on any atom is -0.364 e. The molecule has 5 atom stereocenters. The number of rotatable bonds is 7. The van der Waals surface area contributed by atoms with E-state index in [1.54, 1.807) is 0 Å². The first kappa shape index (κ1) is 31.1. The van der Waals surface area contributed by atoms with Gasteiger partial charge in [-0.1, -0.05) is 18.7 Å². The number of aromatic nitrogens is 2. The van der Waals surface area contributed by atoms with Crippen molar-refractivity contribution in [1.29, 1.82) is 5.26 Å². The van der Waals surface area contributed by atoms with E-state index in [-0.39, 0.29) is 17.9 Å². The van der Waals surface area contributed by atoms with Crippen LogP contribution in [0.3, 0.4) is 0 Å². The fourth-order valence-electron chi connectivity index (χ4n) is 9.25. The fraction of sp³-hybridized carbons (Fsp3) is 0.611. The summed E-state index contributed by atoms with van der Waals surface area (Å²) >= 11 is 1.96. The van der Waals surface area contributed by atoms with Crippen LogP contribution in [0, 0.1) is 17.2 Å². The number of nitriles is 1. The number of carbonyl (C=O) groups is 1. The Hall–Kier alpha value is -3.23. The van der Waals surface area contributed by atoms with Crippen molar-refractivity contribution in [2.45, 2.75) is 92.9 Å². The molecule has 8 nitrogen and oxygen atoms in total. The SMILES string of the molecule is C=C(F)C(=O)N1CCN(c2nc(C3CC3CC34CCCN3C[C@H](F)C4)nc3c2CCN(c2cccc4c2SCCC4)C3)C[C@@H]1CC#N. The summed E-state index contributed by atoms with van der Waals surface area (Å²) in [5.74, 6) is 1.88. The highest BCUT2D eigenvalue weighted by Crippen LogP contribution is 2.56. The van der Waals surface area contributed by atoms with E-state index in [4.69, 9.17) is 9.97 Å². The van der Waals surface area contributed by atoms with Gasteiger partial charge in [-0.15, -0.1) is 11.8 Å². The molecule has 1 saturated carbocycles. The van der Waals surface area contributed by atoms with Gasteiger partial charge in [0.15, 0.2) is 5.83 Å². The molecule has 3 unspecified atom stereocenters. The van der Waals surface area contributed by atoms with Gasteiger partial charge in [0.05, 0.1) is 36.5 Å². The van der Waals surface area contributed by atoms with Crippen LogP contribution in [-0.2, 0) is 24.2 Å². The Morgan fingerprint density at radius 2 is 2.02 bits per heavy atom. The molecule has 11 heteroatoms. The van der Waals surface area contributed by atoms with Gasteiger partial charge in [-0.25, -0.2) is 18.7 Å². The predicted octanol–water partition coefficient (Wildman–Crippen LogP) is 5.56. The molecule has 4 fully saturated rings. The number of aryl methyl sites for hydroxylation is 1. The molecule has 8 rings (SSSR count). The molecule has 0 spiro atoms. The number of hydrogen-bond donors (Lipinski definition) is 0. The van der Waals surface area contributed by atoms with Crippen LogP contribution in [0.4, 0.5) is 20.3 Å². The van der Waals surface area contributed by atoms with E-state index in [1.165, 1.54) is 27.5 Å². The molecule has 1 aromatic carbocycles. The maximum Gasteiger partial charge on any atom is 0.282 e. The van der Waals surface area contributed by atoms with Gasteiger partial charge in [-0.05, 0) is 81.2 Å². The van der Waals surface area contributed by atoms with Gasteiger partial charge in [0, 0.05) is 54.6 Å². The smallest absolute Gasteiger partial charge is 0.282 e. The van der Waals surface area contributed by atoms with E-state index in [2.05, 4.69) is 45.5 Å². The van der Waals surface area contributed by atoms with Crippen molar-refractivity contribution >= 4 is 29.2 Å². The fourth-order valence-corrected chi connectivity index (χ4v) is 10.4. The first-order chi connectivity index (χ1) is 22.8. The van der Waals surface area contributed by atoms with Crippen molar-refractivity contribution < 1.29 is 13.6 Å². The van der Waals surface area contributed by atoms with E-state index in [1.807, 2.05) is 11.8 Å². The molecule has 0 radical (unpaired) electrons. The molecule has 5 aliphatic heterocycles. The topological polar surface area (TPSA) is 79.6 Å². The summed E-state index contributed by atoms with van der Waals surface area (Å²) < 4.78 is 28.5. The summed E-state index contributed by atoms with van der Waals surface area (Å²) in [6.07, 6.45) is 7.42. The van der Waals surface area contributed by atoms with Gasteiger partial charge in [0.1, 0.15) is 17.8 Å². The number of carbonyl (C=O) groups excluding carboxylic acids is 1.